The Balaban J connectivity index is 1.31. The molecule has 3 aliphatic rings. The van der Waals surface area contributed by atoms with Crippen LogP contribution in [0, 0.1) is 5.92 Å². The number of rotatable bonds is 4. The minimum atomic E-state index is -0.584. The number of piperazine rings is 1. The van der Waals surface area contributed by atoms with E-state index in [2.05, 4.69) is 38.9 Å². The summed E-state index contributed by atoms with van der Waals surface area (Å²) in [6, 6.07) is 5.25. The molecule has 2 aromatic rings. The predicted octanol–water partition coefficient (Wildman–Crippen LogP) is 3.16. The quantitative estimate of drug-likeness (QED) is 0.747. The summed E-state index contributed by atoms with van der Waals surface area (Å²) in [5.41, 5.74) is 2.41. The van der Waals surface area contributed by atoms with Crippen LogP contribution in [0.15, 0.2) is 36.7 Å². The van der Waals surface area contributed by atoms with Crippen molar-refractivity contribution in [2.24, 2.45) is 5.92 Å². The first-order valence-corrected chi connectivity index (χ1v) is 11.6. The molecule has 0 radical (unpaired) electrons. The number of carbonyl (C=O) groups excluding carboxylic acids is 2. The van der Waals surface area contributed by atoms with Crippen LogP contribution >= 0.6 is 0 Å². The first-order chi connectivity index (χ1) is 15.8. The molecule has 2 aliphatic heterocycles. The lowest BCUT2D eigenvalue weighted by molar-refractivity contribution is 0.0743. The van der Waals surface area contributed by atoms with Gasteiger partial charge in [0.25, 0.3) is 5.91 Å². The van der Waals surface area contributed by atoms with Gasteiger partial charge in [-0.25, -0.2) is 4.79 Å². The minimum Gasteiger partial charge on any atom is -0.372 e. The van der Waals surface area contributed by atoms with Crippen LogP contribution in [0.2, 0.25) is 0 Å². The monoisotopic (exact) mass is 449 g/mol. The average Bonchev–Trinajstić information content (AvgIpc) is 3.45. The van der Waals surface area contributed by atoms with E-state index < -0.39 is 5.54 Å². The number of nitrogens with zero attached hydrogens (tertiary/aromatic N) is 5. The number of hydrogen-bond donors (Lipinski definition) is 2. The van der Waals surface area contributed by atoms with Gasteiger partial charge in [-0.3, -0.25) is 14.9 Å². The van der Waals surface area contributed by atoms with Gasteiger partial charge in [-0.05, 0) is 51.7 Å². The Morgan fingerprint density at radius 3 is 2.76 bits per heavy atom. The van der Waals surface area contributed by atoms with Gasteiger partial charge in [-0.1, -0.05) is 12.6 Å². The van der Waals surface area contributed by atoms with E-state index in [-0.39, 0.29) is 18.0 Å². The normalized spacial score (nSPS) is 21.8. The fourth-order valence-electron chi connectivity index (χ4n) is 4.82. The number of amides is 3. The largest absolute Gasteiger partial charge is 0.372 e. The molecule has 2 N–H and O–H groups in total. The number of fused-ring (bicyclic) bond motifs is 1. The van der Waals surface area contributed by atoms with E-state index >= 15 is 0 Å². The number of nitrogens with one attached hydrogen (secondary N) is 2. The van der Waals surface area contributed by atoms with Gasteiger partial charge in [-0.2, -0.15) is 5.10 Å². The second kappa shape index (κ2) is 7.90. The summed E-state index contributed by atoms with van der Waals surface area (Å²) in [5, 5.41) is 10.2. The number of carbonyl (C=O) groups is 2. The summed E-state index contributed by atoms with van der Waals surface area (Å²) in [6.07, 6.45) is 4.17. The maximum absolute atomic E-state index is 13.7. The fraction of sp³-hybridized carbons (Fsp3) is 0.500. The zero-order valence-corrected chi connectivity index (χ0v) is 19.5. The van der Waals surface area contributed by atoms with Crippen molar-refractivity contribution in [1.82, 2.24) is 29.9 Å². The minimum absolute atomic E-state index is 0.0219. The van der Waals surface area contributed by atoms with Crippen molar-refractivity contribution in [1.29, 1.82) is 0 Å². The van der Waals surface area contributed by atoms with Crippen molar-refractivity contribution in [3.8, 4) is 0 Å². The molecule has 0 spiro atoms. The summed E-state index contributed by atoms with van der Waals surface area (Å²) < 4.78 is 0. The van der Waals surface area contributed by atoms with Crippen molar-refractivity contribution in [3.05, 3.63) is 53.6 Å². The van der Waals surface area contributed by atoms with Gasteiger partial charge in [0.05, 0.1) is 24.3 Å². The summed E-state index contributed by atoms with van der Waals surface area (Å²) in [5.74, 6) is 0.894. The van der Waals surface area contributed by atoms with Gasteiger partial charge < -0.3 is 20.0 Å². The molecule has 0 bridgehead atoms. The highest BCUT2D eigenvalue weighted by molar-refractivity contribution is 6.02. The number of urea groups is 1. The topological polar surface area (TPSA) is 97.5 Å². The SMILES string of the molecule is C=C1CN(C(=O)N2Cc3c(NC(=O)c4ccccn4)n[nH]c3C2(C)C)[C@@H](C)CN1CC1CC1. The third kappa shape index (κ3) is 3.85. The van der Waals surface area contributed by atoms with Crippen LogP contribution in [0.25, 0.3) is 0 Å². The summed E-state index contributed by atoms with van der Waals surface area (Å²) in [7, 11) is 0. The van der Waals surface area contributed by atoms with Gasteiger partial charge in [-0.15, -0.1) is 0 Å². The lowest BCUT2D eigenvalue weighted by Crippen LogP contribution is -2.57. The van der Waals surface area contributed by atoms with E-state index in [4.69, 9.17) is 0 Å². The van der Waals surface area contributed by atoms with Crippen LogP contribution in [0.1, 0.15) is 55.4 Å². The Hall–Kier alpha value is -3.36. The number of H-pyrrole nitrogens is 1. The van der Waals surface area contributed by atoms with Crippen LogP contribution < -0.4 is 5.32 Å². The fourth-order valence-corrected chi connectivity index (χ4v) is 4.82. The van der Waals surface area contributed by atoms with Crippen molar-refractivity contribution in [3.63, 3.8) is 0 Å². The zero-order valence-electron chi connectivity index (χ0n) is 19.5. The molecule has 4 heterocycles. The number of anilines is 1. The Bertz CT molecular complexity index is 1090. The van der Waals surface area contributed by atoms with E-state index in [1.807, 2.05) is 23.6 Å². The molecule has 0 aromatic carbocycles. The molecule has 3 amide bonds. The summed E-state index contributed by atoms with van der Waals surface area (Å²) >= 11 is 0. The number of aromatic nitrogens is 3. The van der Waals surface area contributed by atoms with Crippen molar-refractivity contribution in [2.75, 3.05) is 25.0 Å². The average molecular weight is 450 g/mol. The molecule has 174 valence electrons. The third-order valence-electron chi connectivity index (χ3n) is 7.07. The highest BCUT2D eigenvalue weighted by atomic mass is 16.2. The van der Waals surface area contributed by atoms with Crippen molar-refractivity contribution < 1.29 is 9.59 Å². The van der Waals surface area contributed by atoms with Gasteiger partial charge in [0.2, 0.25) is 0 Å². The number of aromatic amines is 1. The van der Waals surface area contributed by atoms with Crippen LogP contribution in [-0.2, 0) is 12.1 Å². The Labute approximate surface area is 193 Å². The Morgan fingerprint density at radius 2 is 2.06 bits per heavy atom. The summed E-state index contributed by atoms with van der Waals surface area (Å²) in [4.78, 5) is 36.5. The molecule has 33 heavy (non-hydrogen) atoms. The Kier molecular flexibility index (Phi) is 5.14. The van der Waals surface area contributed by atoms with E-state index in [1.54, 1.807) is 24.4 Å². The molecule has 1 saturated heterocycles. The lowest BCUT2D eigenvalue weighted by atomic mass is 10.0. The molecule has 0 unspecified atom stereocenters. The standard InChI is InChI=1S/C24H31N7O2/c1-15-12-30(16(2)11-29(15)13-17-8-9-17)23(33)31-14-18-20(24(31,3)4)27-28-21(18)26-22(32)19-7-5-6-10-25-19/h5-7,10,16-17H,1,8-9,11-14H2,2-4H3,(H2,26,27,28,32)/t16-/m0/s1. The molecule has 1 aliphatic carbocycles. The van der Waals surface area contributed by atoms with Crippen LogP contribution in [0.5, 0.6) is 0 Å². The molecule has 1 atom stereocenters. The first kappa shape index (κ1) is 21.5. The highest BCUT2D eigenvalue weighted by Crippen LogP contribution is 2.42. The zero-order chi connectivity index (χ0) is 23.3. The van der Waals surface area contributed by atoms with Crippen LogP contribution in [0.4, 0.5) is 10.6 Å². The van der Waals surface area contributed by atoms with Crippen molar-refractivity contribution in [2.45, 2.75) is 51.7 Å². The molecular weight excluding hydrogens is 418 g/mol. The second-order valence-electron chi connectivity index (χ2n) is 9.91. The predicted molar refractivity (Wildman–Crippen MR) is 124 cm³/mol. The first-order valence-electron chi connectivity index (χ1n) is 11.6. The Morgan fingerprint density at radius 1 is 1.27 bits per heavy atom. The van der Waals surface area contributed by atoms with Crippen LogP contribution in [0.3, 0.4) is 0 Å². The van der Waals surface area contributed by atoms with Gasteiger partial charge in [0.1, 0.15) is 5.69 Å². The van der Waals surface area contributed by atoms with E-state index in [0.29, 0.717) is 24.6 Å². The van der Waals surface area contributed by atoms with Gasteiger partial charge in [0.15, 0.2) is 5.82 Å². The molecular formula is C24H31N7O2. The van der Waals surface area contributed by atoms with Gasteiger partial charge in [0, 0.05) is 36.6 Å². The molecule has 2 fully saturated rings. The van der Waals surface area contributed by atoms with E-state index in [9.17, 15) is 9.59 Å². The molecule has 5 rings (SSSR count). The highest BCUT2D eigenvalue weighted by Gasteiger charge is 2.46. The molecule has 2 aromatic heterocycles. The van der Waals surface area contributed by atoms with Gasteiger partial charge >= 0.3 is 6.03 Å². The van der Waals surface area contributed by atoms with E-state index in [1.165, 1.54) is 12.8 Å². The second-order valence-corrected chi connectivity index (χ2v) is 9.91. The summed E-state index contributed by atoms with van der Waals surface area (Å²) in [6.45, 7) is 13.1. The third-order valence-corrected chi connectivity index (χ3v) is 7.07. The van der Waals surface area contributed by atoms with Crippen LogP contribution in [-0.4, -0.2) is 67.5 Å². The maximum atomic E-state index is 13.7. The smallest absolute Gasteiger partial charge is 0.321 e. The number of pyridine rings is 1. The molecule has 9 heteroatoms. The van der Waals surface area contributed by atoms with E-state index in [0.717, 1.165) is 36.0 Å². The molecule has 9 nitrogen and oxygen atoms in total. The number of hydrogen-bond acceptors (Lipinski definition) is 5. The molecule has 1 saturated carbocycles. The van der Waals surface area contributed by atoms with Crippen molar-refractivity contribution >= 4 is 17.8 Å². The lowest BCUT2D eigenvalue weighted by Gasteiger charge is -2.45. The maximum Gasteiger partial charge on any atom is 0.321 e.